The molecular formula is C42H85NO5. The van der Waals surface area contributed by atoms with E-state index >= 15 is 0 Å². The Morgan fingerprint density at radius 1 is 0.438 bits per heavy atom. The van der Waals surface area contributed by atoms with Crippen molar-refractivity contribution >= 4 is 5.91 Å². The van der Waals surface area contributed by atoms with Gasteiger partial charge in [-0.25, -0.2) is 0 Å². The lowest BCUT2D eigenvalue weighted by molar-refractivity contribution is -0.132. The molecule has 0 saturated heterocycles. The van der Waals surface area contributed by atoms with Crippen LogP contribution in [0.3, 0.4) is 0 Å². The summed E-state index contributed by atoms with van der Waals surface area (Å²) in [5.41, 5.74) is 0. The van der Waals surface area contributed by atoms with Crippen LogP contribution in [-0.4, -0.2) is 57.3 Å². The summed E-state index contributed by atoms with van der Waals surface area (Å²) in [7, 11) is 0. The highest BCUT2D eigenvalue weighted by atomic mass is 16.3. The molecule has 288 valence electrons. The highest BCUT2D eigenvalue weighted by molar-refractivity contribution is 5.80. The smallest absolute Gasteiger partial charge is 0.249 e. The fourth-order valence-corrected chi connectivity index (χ4v) is 6.88. The third-order valence-electron chi connectivity index (χ3n) is 10.3. The first-order chi connectivity index (χ1) is 23.5. The maximum absolute atomic E-state index is 12.5. The van der Waals surface area contributed by atoms with Gasteiger partial charge in [0.15, 0.2) is 0 Å². The average Bonchev–Trinajstić information content (AvgIpc) is 3.09. The normalized spacial score (nSPS) is 14.2. The van der Waals surface area contributed by atoms with Crippen LogP contribution in [0, 0.1) is 0 Å². The Kier molecular flexibility index (Phi) is 37.0. The van der Waals surface area contributed by atoms with Crippen molar-refractivity contribution in [2.45, 2.75) is 257 Å². The van der Waals surface area contributed by atoms with Crippen LogP contribution in [0.2, 0.25) is 0 Å². The summed E-state index contributed by atoms with van der Waals surface area (Å²) in [5, 5.41) is 43.6. The van der Waals surface area contributed by atoms with Crippen LogP contribution >= 0.6 is 0 Å². The molecule has 0 aromatic heterocycles. The van der Waals surface area contributed by atoms with Crippen molar-refractivity contribution in [1.82, 2.24) is 5.32 Å². The molecule has 0 aliphatic rings. The minimum absolute atomic E-state index is 0.375. The lowest BCUT2D eigenvalue weighted by Gasteiger charge is -2.27. The van der Waals surface area contributed by atoms with Crippen LogP contribution in [0.5, 0.6) is 0 Å². The fraction of sp³-hybridized carbons (Fsp3) is 0.976. The predicted octanol–water partition coefficient (Wildman–Crippen LogP) is 10.8. The molecule has 6 heteroatoms. The van der Waals surface area contributed by atoms with Crippen LogP contribution in [0.25, 0.3) is 0 Å². The Hall–Kier alpha value is -0.690. The molecule has 0 aliphatic carbocycles. The minimum atomic E-state index is -1.25. The van der Waals surface area contributed by atoms with E-state index in [1.165, 1.54) is 167 Å². The molecule has 0 spiro atoms. The molecule has 0 aliphatic heterocycles. The van der Waals surface area contributed by atoms with E-state index in [1.54, 1.807) is 0 Å². The Morgan fingerprint density at radius 2 is 0.708 bits per heavy atom. The molecular weight excluding hydrogens is 598 g/mol. The van der Waals surface area contributed by atoms with Gasteiger partial charge in [-0.2, -0.15) is 0 Å². The number of aliphatic hydroxyl groups excluding tert-OH is 4. The van der Waals surface area contributed by atoms with Crippen LogP contribution in [0.15, 0.2) is 0 Å². The summed E-state index contributed by atoms with van der Waals surface area (Å²) >= 11 is 0. The second-order valence-electron chi connectivity index (χ2n) is 15.1. The zero-order valence-corrected chi connectivity index (χ0v) is 32.3. The number of nitrogens with one attached hydrogen (secondary N) is 1. The van der Waals surface area contributed by atoms with Crippen molar-refractivity contribution in [2.24, 2.45) is 0 Å². The number of amides is 1. The maximum Gasteiger partial charge on any atom is 0.249 e. The monoisotopic (exact) mass is 684 g/mol. The topological polar surface area (TPSA) is 110 Å². The van der Waals surface area contributed by atoms with E-state index in [0.29, 0.717) is 12.8 Å². The van der Waals surface area contributed by atoms with Gasteiger partial charge in [-0.05, 0) is 12.8 Å². The van der Waals surface area contributed by atoms with E-state index < -0.39 is 36.9 Å². The molecule has 0 aromatic carbocycles. The molecule has 48 heavy (non-hydrogen) atoms. The van der Waals surface area contributed by atoms with Crippen molar-refractivity contribution in [2.75, 3.05) is 6.61 Å². The summed E-state index contributed by atoms with van der Waals surface area (Å²) in [4.78, 5) is 12.5. The Morgan fingerprint density at radius 3 is 1.00 bits per heavy atom. The zero-order chi connectivity index (χ0) is 35.3. The number of rotatable bonds is 39. The largest absolute Gasteiger partial charge is 0.394 e. The molecule has 0 heterocycles. The number of carbonyl (C=O) groups is 1. The van der Waals surface area contributed by atoms with Gasteiger partial charge < -0.3 is 25.7 Å². The van der Waals surface area contributed by atoms with Gasteiger partial charge in [-0.3, -0.25) is 4.79 Å². The summed E-state index contributed by atoms with van der Waals surface area (Å²) in [6.45, 7) is 4.05. The van der Waals surface area contributed by atoms with Gasteiger partial charge in [-0.1, -0.05) is 219 Å². The third-order valence-corrected chi connectivity index (χ3v) is 10.3. The third kappa shape index (κ3) is 31.3. The lowest BCUT2D eigenvalue weighted by atomic mass is 9.99. The average molecular weight is 684 g/mol. The molecule has 1 amide bonds. The van der Waals surface area contributed by atoms with Crippen LogP contribution in [0.4, 0.5) is 0 Å². The van der Waals surface area contributed by atoms with Gasteiger partial charge in [0, 0.05) is 0 Å². The summed E-state index contributed by atoms with van der Waals surface area (Å²) in [6, 6.07) is -0.977. The van der Waals surface area contributed by atoms with E-state index in [4.69, 9.17) is 0 Å². The van der Waals surface area contributed by atoms with Gasteiger partial charge >= 0.3 is 0 Å². The SMILES string of the molecule is CCCCCCCCCCCCCCCCCCCCCC[C@H](O)C(=O)N[C@@H](CO)[C@@H](O)[C@@H](O)CCCCCCCCCCCCCC. The van der Waals surface area contributed by atoms with Crippen LogP contribution in [0.1, 0.15) is 232 Å². The van der Waals surface area contributed by atoms with Crippen molar-refractivity contribution in [3.8, 4) is 0 Å². The Balaban J connectivity index is 3.68. The first-order valence-corrected chi connectivity index (χ1v) is 21.4. The second kappa shape index (κ2) is 37.6. The van der Waals surface area contributed by atoms with Gasteiger partial charge in [0.05, 0.1) is 18.8 Å². The van der Waals surface area contributed by atoms with E-state index in [9.17, 15) is 25.2 Å². The first-order valence-electron chi connectivity index (χ1n) is 21.4. The van der Waals surface area contributed by atoms with E-state index in [0.717, 1.165) is 38.5 Å². The molecule has 4 atom stereocenters. The molecule has 0 fully saturated rings. The van der Waals surface area contributed by atoms with E-state index in [-0.39, 0.29) is 0 Å². The van der Waals surface area contributed by atoms with Gasteiger partial charge in [0.1, 0.15) is 12.2 Å². The van der Waals surface area contributed by atoms with Gasteiger partial charge in [0.2, 0.25) is 5.91 Å². The summed E-state index contributed by atoms with van der Waals surface area (Å²) < 4.78 is 0. The highest BCUT2D eigenvalue weighted by Gasteiger charge is 2.28. The van der Waals surface area contributed by atoms with Crippen LogP contribution in [-0.2, 0) is 4.79 Å². The molecule has 0 bridgehead atoms. The molecule has 6 nitrogen and oxygen atoms in total. The maximum atomic E-state index is 12.5. The summed E-state index contributed by atoms with van der Waals surface area (Å²) in [5.74, 6) is -0.580. The minimum Gasteiger partial charge on any atom is -0.394 e. The van der Waals surface area contributed by atoms with Crippen LogP contribution < -0.4 is 5.32 Å². The molecule has 0 aromatic rings. The van der Waals surface area contributed by atoms with Crippen molar-refractivity contribution in [3.05, 3.63) is 0 Å². The molecule has 5 N–H and O–H groups in total. The first kappa shape index (κ1) is 47.3. The predicted molar refractivity (Wildman–Crippen MR) is 205 cm³/mol. The standard InChI is InChI=1S/C42H85NO5/c1-3-5-7-9-11-13-15-17-18-19-20-21-22-23-24-26-28-30-32-34-36-40(46)42(48)43-38(37-44)41(47)39(45)35-33-31-29-27-25-16-14-12-10-8-6-4-2/h38-41,44-47H,3-37H2,1-2H3,(H,43,48)/t38-,39-,40-,41+/m0/s1. The summed E-state index contributed by atoms with van der Waals surface area (Å²) in [6.07, 6.45) is 38.4. The molecule has 0 unspecified atom stereocenters. The van der Waals surface area contributed by atoms with Gasteiger partial charge in [0.25, 0.3) is 0 Å². The molecule has 0 rings (SSSR count). The fourth-order valence-electron chi connectivity index (χ4n) is 6.88. The number of aliphatic hydroxyl groups is 4. The highest BCUT2D eigenvalue weighted by Crippen LogP contribution is 2.17. The Labute approximate surface area is 299 Å². The number of hydrogen-bond acceptors (Lipinski definition) is 5. The molecule has 0 radical (unpaired) electrons. The van der Waals surface area contributed by atoms with Crippen molar-refractivity contribution in [1.29, 1.82) is 0 Å². The zero-order valence-electron chi connectivity index (χ0n) is 32.3. The van der Waals surface area contributed by atoms with E-state index in [1.807, 2.05) is 0 Å². The van der Waals surface area contributed by atoms with Crippen molar-refractivity contribution in [3.63, 3.8) is 0 Å². The number of hydrogen-bond donors (Lipinski definition) is 5. The van der Waals surface area contributed by atoms with E-state index in [2.05, 4.69) is 19.2 Å². The van der Waals surface area contributed by atoms with Gasteiger partial charge in [-0.15, -0.1) is 0 Å². The van der Waals surface area contributed by atoms with Crippen molar-refractivity contribution < 1.29 is 25.2 Å². The molecule has 0 saturated carbocycles. The number of unbranched alkanes of at least 4 members (excludes halogenated alkanes) is 30. The second-order valence-corrected chi connectivity index (χ2v) is 15.1. The quantitative estimate of drug-likeness (QED) is 0.0414. The number of carbonyl (C=O) groups excluding carboxylic acids is 1. The Bertz CT molecular complexity index is 648. The lowest BCUT2D eigenvalue weighted by Crippen LogP contribution is -2.53.